The van der Waals surface area contributed by atoms with Gasteiger partial charge in [-0.2, -0.15) is 14.9 Å². The summed E-state index contributed by atoms with van der Waals surface area (Å²) < 4.78 is 7.27. The molecule has 0 aliphatic carbocycles. The standard InChI is InChI=1S/C17H15N5OS/c1-23-15-9-3-2-6-13(15)7-5-11-19-22-16(20-21-17(22)24)14-8-4-10-18-12-14/h2-12H,1H3,(H,21,24). The summed E-state index contributed by atoms with van der Waals surface area (Å²) in [7, 11) is 1.64. The zero-order valence-electron chi connectivity index (χ0n) is 13.0. The van der Waals surface area contributed by atoms with Gasteiger partial charge >= 0.3 is 0 Å². The van der Waals surface area contributed by atoms with Crippen LogP contribution in [-0.4, -0.2) is 33.2 Å². The van der Waals surface area contributed by atoms with E-state index in [9.17, 15) is 0 Å². The molecule has 7 heteroatoms. The van der Waals surface area contributed by atoms with Crippen LogP contribution in [0.25, 0.3) is 17.5 Å². The van der Waals surface area contributed by atoms with E-state index in [4.69, 9.17) is 17.0 Å². The quantitative estimate of drug-likeness (QED) is 0.571. The van der Waals surface area contributed by atoms with E-state index in [2.05, 4.69) is 20.3 Å². The highest BCUT2D eigenvalue weighted by atomic mass is 32.1. The molecule has 2 heterocycles. The number of nitrogens with zero attached hydrogens (tertiary/aromatic N) is 4. The number of rotatable bonds is 5. The molecule has 0 bridgehead atoms. The average molecular weight is 337 g/mol. The van der Waals surface area contributed by atoms with Gasteiger partial charge in [0.25, 0.3) is 0 Å². The second-order valence-electron chi connectivity index (χ2n) is 4.77. The third-order valence-electron chi connectivity index (χ3n) is 3.25. The Hall–Kier alpha value is -3.06. The monoisotopic (exact) mass is 337 g/mol. The lowest BCUT2D eigenvalue weighted by Crippen LogP contribution is -1.94. The normalized spacial score (nSPS) is 11.4. The molecule has 3 rings (SSSR count). The molecule has 0 spiro atoms. The van der Waals surface area contributed by atoms with E-state index < -0.39 is 0 Å². The molecule has 0 saturated heterocycles. The largest absolute Gasteiger partial charge is 0.496 e. The Balaban J connectivity index is 1.84. The molecular formula is C17H15N5OS. The van der Waals surface area contributed by atoms with Crippen molar-refractivity contribution in [1.29, 1.82) is 0 Å². The van der Waals surface area contributed by atoms with E-state index in [0.29, 0.717) is 10.6 Å². The minimum atomic E-state index is 0.413. The first-order chi connectivity index (χ1) is 11.8. The Labute approximate surface area is 144 Å². The van der Waals surface area contributed by atoms with Crippen LogP contribution in [0.1, 0.15) is 5.56 Å². The number of allylic oxidation sites excluding steroid dienone is 1. The molecule has 24 heavy (non-hydrogen) atoms. The predicted molar refractivity (Wildman–Crippen MR) is 96.6 cm³/mol. The van der Waals surface area contributed by atoms with Crippen LogP contribution in [-0.2, 0) is 0 Å². The summed E-state index contributed by atoms with van der Waals surface area (Å²) in [6.07, 6.45) is 8.79. The third-order valence-corrected chi connectivity index (χ3v) is 3.52. The first-order valence-electron chi connectivity index (χ1n) is 7.21. The number of para-hydroxylation sites is 1. The molecule has 3 aromatic rings. The minimum absolute atomic E-state index is 0.413. The van der Waals surface area contributed by atoms with Crippen LogP contribution < -0.4 is 4.74 Å². The van der Waals surface area contributed by atoms with E-state index in [1.807, 2.05) is 48.6 Å². The molecular weight excluding hydrogens is 322 g/mol. The van der Waals surface area contributed by atoms with Crippen LogP contribution in [0.15, 0.2) is 60.0 Å². The third kappa shape index (κ3) is 3.47. The maximum Gasteiger partial charge on any atom is 0.216 e. The van der Waals surface area contributed by atoms with Crippen molar-refractivity contribution in [3.63, 3.8) is 0 Å². The van der Waals surface area contributed by atoms with Gasteiger partial charge in [0.05, 0.1) is 7.11 Å². The van der Waals surface area contributed by atoms with Gasteiger partial charge in [0.15, 0.2) is 5.82 Å². The fourth-order valence-corrected chi connectivity index (χ4v) is 2.32. The first kappa shape index (κ1) is 15.8. The summed E-state index contributed by atoms with van der Waals surface area (Å²) in [6.45, 7) is 0. The highest BCUT2D eigenvalue weighted by Gasteiger charge is 2.07. The van der Waals surface area contributed by atoms with Crippen LogP contribution in [0.5, 0.6) is 5.75 Å². The summed E-state index contributed by atoms with van der Waals surface area (Å²) in [4.78, 5) is 4.09. The Morgan fingerprint density at radius 1 is 1.25 bits per heavy atom. The Bertz CT molecular complexity index is 927. The van der Waals surface area contributed by atoms with Gasteiger partial charge in [0.2, 0.25) is 4.77 Å². The van der Waals surface area contributed by atoms with Crippen molar-refractivity contribution in [1.82, 2.24) is 19.9 Å². The van der Waals surface area contributed by atoms with Crippen LogP contribution in [0.2, 0.25) is 0 Å². The van der Waals surface area contributed by atoms with E-state index in [-0.39, 0.29) is 0 Å². The lowest BCUT2D eigenvalue weighted by molar-refractivity contribution is 0.414. The number of ether oxygens (including phenoxy) is 1. The SMILES string of the molecule is COc1ccccc1C=CC=Nn1c(-c2cccnc2)n[nH]c1=S. The Morgan fingerprint density at radius 3 is 2.92 bits per heavy atom. The smallest absolute Gasteiger partial charge is 0.216 e. The molecule has 0 aliphatic rings. The van der Waals surface area contributed by atoms with Gasteiger partial charge in [-0.05, 0) is 42.6 Å². The van der Waals surface area contributed by atoms with Gasteiger partial charge in [-0.1, -0.05) is 18.2 Å². The van der Waals surface area contributed by atoms with Crippen molar-refractivity contribution in [2.24, 2.45) is 5.10 Å². The molecule has 0 saturated carbocycles. The number of hydrogen-bond acceptors (Lipinski definition) is 5. The number of benzene rings is 1. The van der Waals surface area contributed by atoms with Gasteiger partial charge in [-0.15, -0.1) is 0 Å². The molecule has 0 radical (unpaired) electrons. The van der Waals surface area contributed by atoms with Crippen molar-refractivity contribution in [2.75, 3.05) is 7.11 Å². The molecule has 6 nitrogen and oxygen atoms in total. The number of aromatic amines is 1. The molecule has 0 atom stereocenters. The number of aromatic nitrogens is 4. The summed E-state index contributed by atoms with van der Waals surface area (Å²) in [5.74, 6) is 1.41. The van der Waals surface area contributed by atoms with Gasteiger partial charge in [0, 0.05) is 29.7 Å². The Kier molecular flexibility index (Phi) is 4.93. The molecule has 0 unspecified atom stereocenters. The maximum absolute atomic E-state index is 5.30. The molecule has 0 fully saturated rings. The fourth-order valence-electron chi connectivity index (χ4n) is 2.14. The van der Waals surface area contributed by atoms with Gasteiger partial charge < -0.3 is 4.74 Å². The lowest BCUT2D eigenvalue weighted by Gasteiger charge is -2.02. The second-order valence-corrected chi connectivity index (χ2v) is 5.16. The summed E-state index contributed by atoms with van der Waals surface area (Å²) in [6, 6.07) is 11.5. The molecule has 120 valence electrons. The van der Waals surface area contributed by atoms with E-state index in [1.165, 1.54) is 0 Å². The number of methoxy groups -OCH3 is 1. The lowest BCUT2D eigenvalue weighted by atomic mass is 10.2. The summed E-state index contributed by atoms with van der Waals surface area (Å²) >= 11 is 5.22. The second kappa shape index (κ2) is 7.47. The summed E-state index contributed by atoms with van der Waals surface area (Å²) in [5, 5.41) is 11.3. The highest BCUT2D eigenvalue weighted by molar-refractivity contribution is 7.71. The van der Waals surface area contributed by atoms with Crippen LogP contribution >= 0.6 is 12.2 Å². The van der Waals surface area contributed by atoms with Crippen LogP contribution in [0.3, 0.4) is 0 Å². The van der Waals surface area contributed by atoms with E-state index in [1.54, 1.807) is 30.4 Å². The maximum atomic E-state index is 5.30. The zero-order valence-corrected chi connectivity index (χ0v) is 13.8. The molecule has 1 aromatic carbocycles. The number of pyridine rings is 1. The number of nitrogens with one attached hydrogen (secondary N) is 1. The Morgan fingerprint density at radius 2 is 2.12 bits per heavy atom. The van der Waals surface area contributed by atoms with Gasteiger partial charge in [-0.25, -0.2) is 5.10 Å². The molecule has 0 amide bonds. The van der Waals surface area contributed by atoms with Crippen molar-refractivity contribution in [2.45, 2.75) is 0 Å². The van der Waals surface area contributed by atoms with Crippen molar-refractivity contribution in [3.8, 4) is 17.1 Å². The first-order valence-corrected chi connectivity index (χ1v) is 7.62. The van der Waals surface area contributed by atoms with E-state index in [0.717, 1.165) is 16.9 Å². The number of hydrogen-bond donors (Lipinski definition) is 1. The number of H-pyrrole nitrogens is 1. The predicted octanol–water partition coefficient (Wildman–Crippen LogP) is 3.56. The molecule has 1 N–H and O–H groups in total. The topological polar surface area (TPSA) is 68.1 Å². The van der Waals surface area contributed by atoms with Crippen LogP contribution in [0, 0.1) is 4.77 Å². The van der Waals surface area contributed by atoms with Gasteiger partial charge in [-0.3, -0.25) is 4.98 Å². The van der Waals surface area contributed by atoms with E-state index >= 15 is 0 Å². The zero-order chi connectivity index (χ0) is 16.8. The average Bonchev–Trinajstić information content (AvgIpc) is 3.00. The van der Waals surface area contributed by atoms with Crippen molar-refractivity contribution in [3.05, 3.63) is 65.2 Å². The fraction of sp³-hybridized carbons (Fsp3) is 0.0588. The molecule has 2 aromatic heterocycles. The van der Waals surface area contributed by atoms with Gasteiger partial charge in [0.1, 0.15) is 5.75 Å². The minimum Gasteiger partial charge on any atom is -0.496 e. The van der Waals surface area contributed by atoms with Crippen molar-refractivity contribution < 1.29 is 4.74 Å². The van der Waals surface area contributed by atoms with Crippen molar-refractivity contribution >= 4 is 24.5 Å². The summed E-state index contributed by atoms with van der Waals surface area (Å²) in [5.41, 5.74) is 1.80. The molecule has 0 aliphatic heterocycles. The van der Waals surface area contributed by atoms with Crippen LogP contribution in [0.4, 0.5) is 0 Å². The highest BCUT2D eigenvalue weighted by Crippen LogP contribution is 2.18.